The zero-order valence-corrected chi connectivity index (χ0v) is 19.7. The number of H-pyrrole nitrogens is 1. The van der Waals surface area contributed by atoms with Gasteiger partial charge in [0.25, 0.3) is 5.56 Å². The molecule has 32 heavy (non-hydrogen) atoms. The van der Waals surface area contributed by atoms with E-state index in [-0.39, 0.29) is 23.7 Å². The molecule has 2 aliphatic rings. The summed E-state index contributed by atoms with van der Waals surface area (Å²) < 4.78 is 18.7. The van der Waals surface area contributed by atoms with E-state index in [2.05, 4.69) is 40.9 Å². The number of aromatic nitrogens is 4. The number of hydrogen-bond donors (Lipinski definition) is 3. The van der Waals surface area contributed by atoms with E-state index < -0.39 is 37.2 Å². The zero-order chi connectivity index (χ0) is 22.6. The van der Waals surface area contributed by atoms with Crippen LogP contribution < -0.4 is 11.3 Å². The van der Waals surface area contributed by atoms with Gasteiger partial charge in [-0.2, -0.15) is 4.98 Å². The number of fused-ring (bicyclic) bond motifs is 2. The molecule has 2 saturated heterocycles. The lowest BCUT2D eigenvalue weighted by Crippen LogP contribution is -2.37. The van der Waals surface area contributed by atoms with Crippen LogP contribution in [0.4, 0.5) is 5.95 Å². The molecule has 5 atom stereocenters. The molecule has 0 spiro atoms. The molecule has 0 saturated carbocycles. The van der Waals surface area contributed by atoms with Gasteiger partial charge in [0, 0.05) is 4.90 Å². The first-order chi connectivity index (χ1) is 15.3. The zero-order valence-electron chi connectivity index (χ0n) is 17.2. The Labute approximate surface area is 193 Å². The van der Waals surface area contributed by atoms with Gasteiger partial charge in [-0.3, -0.25) is 14.3 Å². The molecule has 2 aliphatic heterocycles. The molecule has 10 nitrogen and oxygen atoms in total. The normalized spacial score (nSPS) is 26.7. The molecule has 5 rings (SSSR count). The fourth-order valence-electron chi connectivity index (χ4n) is 3.77. The molecule has 2 fully saturated rings. The van der Waals surface area contributed by atoms with Crippen LogP contribution in [-0.4, -0.2) is 49.5 Å². The summed E-state index contributed by atoms with van der Waals surface area (Å²) in [5.41, 5.74) is 6.86. The van der Waals surface area contributed by atoms with Gasteiger partial charge in [-0.1, -0.05) is 37.7 Å². The standard InChI is InChI=1S/C19H20N5O5PS2/c1-8(2)9-3-5-10(6-4-9)32-19-21-12-15(22-18(20)23-16(12)26)24(19)17-13(25)14-11(28-17)7-27-30(31)29-14/h3-6,8,11,13-14,17,25H,7H2,1-2H3,(H2-,20,22,23,26)/p+1/t11?,13?,14-,17-/m1/s1. The number of nitrogens with two attached hydrogens (primary N) is 1. The van der Waals surface area contributed by atoms with Crippen LogP contribution in [-0.2, 0) is 25.6 Å². The minimum atomic E-state index is -1.50. The molecule has 0 amide bonds. The predicted molar refractivity (Wildman–Crippen MR) is 122 cm³/mol. The summed E-state index contributed by atoms with van der Waals surface area (Å²) in [6.45, 7) is 4.47. The fourth-order valence-corrected chi connectivity index (χ4v) is 5.95. The van der Waals surface area contributed by atoms with Gasteiger partial charge < -0.3 is 15.6 Å². The van der Waals surface area contributed by atoms with E-state index in [0.29, 0.717) is 11.1 Å². The molecular weight excluding hydrogens is 473 g/mol. The SMILES string of the molecule is CC(C)c1ccc(Sc2nc3c(=O)[nH]c(N)nc3n2[C@@H]2OC3CO[P+](=S)O[C@H]3C2O)cc1. The number of nitrogen functional groups attached to an aromatic ring is 1. The van der Waals surface area contributed by atoms with Crippen molar-refractivity contribution in [2.45, 2.75) is 54.4 Å². The van der Waals surface area contributed by atoms with Gasteiger partial charge in [0.05, 0.1) is 0 Å². The van der Waals surface area contributed by atoms with E-state index in [4.69, 9.17) is 31.3 Å². The fraction of sp³-hybridized carbons (Fsp3) is 0.421. The van der Waals surface area contributed by atoms with Crippen molar-refractivity contribution in [3.05, 3.63) is 40.2 Å². The second-order valence-electron chi connectivity index (χ2n) is 7.86. The van der Waals surface area contributed by atoms with Crippen molar-refractivity contribution in [3.63, 3.8) is 0 Å². The number of ether oxygens (including phenoxy) is 1. The Morgan fingerprint density at radius 3 is 2.81 bits per heavy atom. The first kappa shape index (κ1) is 21.9. The van der Waals surface area contributed by atoms with Gasteiger partial charge in [0.2, 0.25) is 17.8 Å². The predicted octanol–water partition coefficient (Wildman–Crippen LogP) is 2.42. The molecule has 0 aliphatic carbocycles. The smallest absolute Gasteiger partial charge is 0.385 e. The number of aromatic amines is 1. The summed E-state index contributed by atoms with van der Waals surface area (Å²) in [6, 6.07) is 8.08. The number of aliphatic hydroxyl groups is 1. The summed E-state index contributed by atoms with van der Waals surface area (Å²) in [6.07, 6.45) is -3.10. The number of hydrogen-bond acceptors (Lipinski definition) is 10. The minimum Gasteiger partial charge on any atom is -0.385 e. The first-order valence-electron chi connectivity index (χ1n) is 9.98. The Kier molecular flexibility index (Phi) is 5.79. The number of imidazole rings is 1. The van der Waals surface area contributed by atoms with Crippen LogP contribution in [0.25, 0.3) is 11.2 Å². The van der Waals surface area contributed by atoms with Gasteiger partial charge in [-0.05, 0) is 23.6 Å². The van der Waals surface area contributed by atoms with Gasteiger partial charge >= 0.3 is 7.15 Å². The topological polar surface area (TPSA) is 138 Å². The van der Waals surface area contributed by atoms with Crippen molar-refractivity contribution in [1.29, 1.82) is 0 Å². The maximum absolute atomic E-state index is 12.5. The van der Waals surface area contributed by atoms with Crippen molar-refractivity contribution < 1.29 is 18.9 Å². The molecule has 3 unspecified atom stereocenters. The highest BCUT2D eigenvalue weighted by molar-refractivity contribution is 8.00. The summed E-state index contributed by atoms with van der Waals surface area (Å²) in [7, 11) is -1.50. The third kappa shape index (κ3) is 3.86. The number of rotatable bonds is 4. The number of nitrogens with one attached hydrogen (secondary N) is 1. The third-order valence-electron chi connectivity index (χ3n) is 5.41. The Bertz CT molecular complexity index is 1250. The lowest BCUT2D eigenvalue weighted by Gasteiger charge is -2.19. The van der Waals surface area contributed by atoms with Crippen molar-refractivity contribution in [3.8, 4) is 0 Å². The summed E-state index contributed by atoms with van der Waals surface area (Å²) in [4.78, 5) is 24.7. The van der Waals surface area contributed by atoms with Crippen LogP contribution in [0.15, 0.2) is 39.1 Å². The van der Waals surface area contributed by atoms with Crippen LogP contribution in [0.1, 0.15) is 31.6 Å². The van der Waals surface area contributed by atoms with Crippen LogP contribution in [0.3, 0.4) is 0 Å². The van der Waals surface area contributed by atoms with E-state index in [0.717, 1.165) is 4.90 Å². The van der Waals surface area contributed by atoms with Gasteiger partial charge in [0.15, 0.2) is 28.7 Å². The van der Waals surface area contributed by atoms with Crippen molar-refractivity contribution in [2.75, 3.05) is 12.3 Å². The second-order valence-corrected chi connectivity index (χ2v) is 10.7. The van der Waals surface area contributed by atoms with E-state index in [1.165, 1.54) is 17.3 Å². The maximum atomic E-state index is 12.5. The first-order valence-corrected chi connectivity index (χ1v) is 13.0. The third-order valence-corrected chi connectivity index (χ3v) is 7.74. The molecule has 0 radical (unpaired) electrons. The number of aliphatic hydroxyl groups excluding tert-OH is 1. The lowest BCUT2D eigenvalue weighted by atomic mass is 10.0. The lowest BCUT2D eigenvalue weighted by molar-refractivity contribution is -0.0556. The molecule has 0 bridgehead atoms. The molecule has 13 heteroatoms. The number of anilines is 1. The minimum absolute atomic E-state index is 0.0555. The highest BCUT2D eigenvalue weighted by atomic mass is 32.4. The number of benzene rings is 1. The second kappa shape index (κ2) is 8.45. The maximum Gasteiger partial charge on any atom is 0.522 e. The largest absolute Gasteiger partial charge is 0.522 e. The van der Waals surface area contributed by atoms with Crippen molar-refractivity contribution >= 4 is 47.8 Å². The average Bonchev–Trinajstić information content (AvgIpc) is 3.26. The van der Waals surface area contributed by atoms with E-state index in [1.807, 2.05) is 12.1 Å². The summed E-state index contributed by atoms with van der Waals surface area (Å²) >= 11 is 6.45. The van der Waals surface area contributed by atoms with Crippen molar-refractivity contribution in [2.24, 2.45) is 0 Å². The molecule has 2 aromatic heterocycles. The Morgan fingerprint density at radius 2 is 2.09 bits per heavy atom. The van der Waals surface area contributed by atoms with Crippen LogP contribution in [0.2, 0.25) is 0 Å². The van der Waals surface area contributed by atoms with Crippen LogP contribution in [0, 0.1) is 0 Å². The number of nitrogens with zero attached hydrogens (tertiary/aromatic N) is 3. The summed E-state index contributed by atoms with van der Waals surface area (Å²) in [5, 5.41) is 11.5. The highest BCUT2D eigenvalue weighted by Crippen LogP contribution is 2.44. The molecule has 3 aromatic rings. The monoisotopic (exact) mass is 494 g/mol. The Hall–Kier alpha value is -1.92. The molecule has 4 N–H and O–H groups in total. The molecule has 1 aromatic carbocycles. The van der Waals surface area contributed by atoms with E-state index in [9.17, 15) is 9.90 Å². The highest BCUT2D eigenvalue weighted by Gasteiger charge is 2.54. The Morgan fingerprint density at radius 1 is 1.34 bits per heavy atom. The quantitative estimate of drug-likeness (QED) is 0.464. The van der Waals surface area contributed by atoms with Gasteiger partial charge in [-0.15, -0.1) is 9.05 Å². The van der Waals surface area contributed by atoms with Crippen LogP contribution >= 0.6 is 18.9 Å². The molecule has 4 heterocycles. The van der Waals surface area contributed by atoms with Crippen LogP contribution in [0.5, 0.6) is 0 Å². The average molecular weight is 495 g/mol. The molecule has 168 valence electrons. The van der Waals surface area contributed by atoms with Gasteiger partial charge in [0.1, 0.15) is 18.8 Å². The van der Waals surface area contributed by atoms with Crippen molar-refractivity contribution in [1.82, 2.24) is 19.5 Å². The molecular formula is C19H21N5O5PS2+. The Balaban J connectivity index is 1.59. The van der Waals surface area contributed by atoms with E-state index in [1.54, 1.807) is 4.57 Å². The summed E-state index contributed by atoms with van der Waals surface area (Å²) in [5.74, 6) is 0.354. The van der Waals surface area contributed by atoms with E-state index >= 15 is 0 Å². The van der Waals surface area contributed by atoms with Gasteiger partial charge in [-0.25, -0.2) is 4.98 Å².